The molecule has 0 unspecified atom stereocenters. The zero-order valence-electron chi connectivity index (χ0n) is 6.54. The van der Waals surface area contributed by atoms with Crippen molar-refractivity contribution < 1.29 is 11.0 Å². The van der Waals surface area contributed by atoms with Crippen LogP contribution in [0.4, 0.5) is 0 Å². The van der Waals surface area contributed by atoms with Gasteiger partial charge < -0.3 is 0 Å². The van der Waals surface area contributed by atoms with E-state index < -0.39 is 0 Å². The number of carbonyl (C=O) groups excluding carboxylic acids is 2. The van der Waals surface area contributed by atoms with Crippen molar-refractivity contribution in [1.82, 2.24) is 4.90 Å². The Balaban J connectivity index is 2.46. The first-order valence-electron chi connectivity index (χ1n) is 3.79. The van der Waals surface area contributed by atoms with Crippen molar-refractivity contribution in [3.8, 4) is 0 Å². The van der Waals surface area contributed by atoms with Gasteiger partial charge in [-0.1, -0.05) is 6.90 Å². The molecule has 1 heterocycles. The van der Waals surface area contributed by atoms with Crippen LogP contribution in [0, 0.1) is 0 Å². The summed E-state index contributed by atoms with van der Waals surface area (Å²) in [7, 11) is 0. The van der Waals surface area contributed by atoms with E-state index in [9.17, 15) is 9.59 Å². The lowest BCUT2D eigenvalue weighted by atomic mass is 10.4. The molecule has 10 heavy (non-hydrogen) atoms. The van der Waals surface area contributed by atoms with Crippen LogP contribution in [0.15, 0.2) is 12.2 Å². The summed E-state index contributed by atoms with van der Waals surface area (Å²) < 4.78 is 6.83. The number of rotatable bonds is 2. The SMILES string of the molecule is [2H]CCCN1C(=O)C=CC1=O. The second-order valence-corrected chi connectivity index (χ2v) is 2.02. The first-order valence-corrected chi connectivity index (χ1v) is 3.08. The minimum Gasteiger partial charge on any atom is -0.275 e. The van der Waals surface area contributed by atoms with Crippen molar-refractivity contribution in [3.05, 3.63) is 12.2 Å². The summed E-state index contributed by atoms with van der Waals surface area (Å²) in [5.74, 6) is -0.521. The van der Waals surface area contributed by atoms with Crippen molar-refractivity contribution >= 4 is 11.8 Å². The van der Waals surface area contributed by atoms with Gasteiger partial charge in [-0.2, -0.15) is 0 Å². The van der Waals surface area contributed by atoms with Crippen LogP contribution in [0.2, 0.25) is 0 Å². The largest absolute Gasteiger partial charge is 0.275 e. The van der Waals surface area contributed by atoms with Gasteiger partial charge in [-0.05, 0) is 6.42 Å². The summed E-state index contributed by atoms with van der Waals surface area (Å²) in [6.45, 7) is 0.616. The maximum Gasteiger partial charge on any atom is 0.253 e. The molecule has 0 saturated heterocycles. The van der Waals surface area contributed by atoms with Gasteiger partial charge >= 0.3 is 0 Å². The van der Waals surface area contributed by atoms with Crippen molar-refractivity contribution in [1.29, 1.82) is 0 Å². The highest BCUT2D eigenvalue weighted by atomic mass is 16.2. The monoisotopic (exact) mass is 140 g/mol. The Morgan fingerprint density at radius 2 is 2.10 bits per heavy atom. The van der Waals surface area contributed by atoms with Crippen LogP contribution in [-0.2, 0) is 9.59 Å². The molecule has 0 radical (unpaired) electrons. The molecule has 0 atom stereocenters. The van der Waals surface area contributed by atoms with Crippen LogP contribution < -0.4 is 0 Å². The zero-order valence-corrected chi connectivity index (χ0v) is 5.54. The third kappa shape index (κ3) is 1.07. The number of imide groups is 1. The molecule has 0 spiro atoms. The van der Waals surface area contributed by atoms with Gasteiger partial charge in [0.25, 0.3) is 11.8 Å². The molecule has 1 rings (SSSR count). The normalized spacial score (nSPS) is 18.4. The smallest absolute Gasteiger partial charge is 0.253 e. The molecular weight excluding hydrogens is 130 g/mol. The van der Waals surface area contributed by atoms with Crippen LogP contribution in [0.1, 0.15) is 14.7 Å². The first kappa shape index (κ1) is 5.65. The molecule has 0 aliphatic carbocycles. The summed E-state index contributed by atoms with van der Waals surface area (Å²) in [5.41, 5.74) is 0. The highest BCUT2D eigenvalue weighted by Gasteiger charge is 2.21. The predicted molar refractivity (Wildman–Crippen MR) is 36.2 cm³/mol. The number of nitrogens with zero attached hydrogens (tertiary/aromatic N) is 1. The minimum atomic E-state index is -0.261. The predicted octanol–water partition coefficient (Wildman–Crippen LogP) is 0.321. The third-order valence-electron chi connectivity index (χ3n) is 1.28. The molecule has 54 valence electrons. The Morgan fingerprint density at radius 1 is 1.50 bits per heavy atom. The standard InChI is InChI=1S/C7H9NO2/c1-2-5-8-6(9)3-4-7(8)10/h3-4H,2,5H2,1H3/i1D. The van der Waals surface area contributed by atoms with Gasteiger partial charge in [0, 0.05) is 20.1 Å². The van der Waals surface area contributed by atoms with Gasteiger partial charge in [0.2, 0.25) is 0 Å². The van der Waals surface area contributed by atoms with Crippen molar-refractivity contribution in [2.75, 3.05) is 6.54 Å². The van der Waals surface area contributed by atoms with Crippen molar-refractivity contribution in [3.63, 3.8) is 0 Å². The molecule has 3 nitrogen and oxygen atoms in total. The first-order chi connectivity index (χ1) is 5.25. The quantitative estimate of drug-likeness (QED) is 0.518. The molecular formula is C7H9NO2. The lowest BCUT2D eigenvalue weighted by Gasteiger charge is -2.10. The molecule has 0 aromatic carbocycles. The van der Waals surface area contributed by atoms with E-state index >= 15 is 0 Å². The number of hydrogen-bond donors (Lipinski definition) is 0. The number of carbonyl (C=O) groups is 2. The highest BCUT2D eigenvalue weighted by Crippen LogP contribution is 2.02. The molecule has 0 aromatic rings. The fourth-order valence-corrected chi connectivity index (χ4v) is 0.810. The molecule has 0 saturated carbocycles. The van der Waals surface area contributed by atoms with Crippen LogP contribution in [0.5, 0.6) is 0 Å². The van der Waals surface area contributed by atoms with E-state index in [4.69, 9.17) is 1.37 Å². The molecule has 1 aliphatic heterocycles. The summed E-state index contributed by atoms with van der Waals surface area (Å²) in [6.07, 6.45) is 3.07. The maximum atomic E-state index is 10.8. The van der Waals surface area contributed by atoms with Gasteiger partial charge in [-0.3, -0.25) is 14.5 Å². The maximum absolute atomic E-state index is 10.8. The topological polar surface area (TPSA) is 37.4 Å². The Bertz CT molecular complexity index is 194. The van der Waals surface area contributed by atoms with E-state index in [0.717, 1.165) is 4.90 Å². The van der Waals surface area contributed by atoms with Gasteiger partial charge in [-0.15, -0.1) is 0 Å². The molecule has 0 N–H and O–H groups in total. The van der Waals surface area contributed by atoms with Gasteiger partial charge in [0.15, 0.2) is 0 Å². The van der Waals surface area contributed by atoms with Crippen LogP contribution in [0.3, 0.4) is 0 Å². The van der Waals surface area contributed by atoms with Crippen molar-refractivity contribution in [2.45, 2.75) is 13.3 Å². The van der Waals surface area contributed by atoms with E-state index in [1.807, 2.05) is 0 Å². The molecule has 3 heteroatoms. The molecule has 2 amide bonds. The molecule has 0 fully saturated rings. The zero-order chi connectivity index (χ0) is 8.27. The lowest BCUT2D eigenvalue weighted by molar-refractivity contribution is -0.136. The third-order valence-corrected chi connectivity index (χ3v) is 1.28. The number of hydrogen-bond acceptors (Lipinski definition) is 2. The fourth-order valence-electron chi connectivity index (χ4n) is 0.810. The van der Waals surface area contributed by atoms with Crippen LogP contribution in [0.25, 0.3) is 0 Å². The van der Waals surface area contributed by atoms with Crippen LogP contribution in [-0.4, -0.2) is 23.3 Å². The summed E-state index contributed by atoms with van der Waals surface area (Å²) in [4.78, 5) is 22.8. The summed E-state index contributed by atoms with van der Waals surface area (Å²) >= 11 is 0. The number of amides is 2. The van der Waals surface area contributed by atoms with E-state index in [0.29, 0.717) is 13.0 Å². The molecule has 0 aromatic heterocycles. The summed E-state index contributed by atoms with van der Waals surface area (Å²) in [5, 5.41) is 0. The Morgan fingerprint density at radius 3 is 2.60 bits per heavy atom. The van der Waals surface area contributed by atoms with E-state index in [1.54, 1.807) is 0 Å². The van der Waals surface area contributed by atoms with E-state index in [2.05, 4.69) is 0 Å². The average molecular weight is 140 g/mol. The van der Waals surface area contributed by atoms with Crippen LogP contribution >= 0.6 is 0 Å². The minimum absolute atomic E-state index is 0.247. The molecule has 0 bridgehead atoms. The Hall–Kier alpha value is -1.12. The second-order valence-electron chi connectivity index (χ2n) is 2.02. The molecule has 1 aliphatic rings. The Kier molecular flexibility index (Phi) is 1.49. The van der Waals surface area contributed by atoms with Gasteiger partial charge in [0.05, 0.1) is 0 Å². The van der Waals surface area contributed by atoms with Gasteiger partial charge in [-0.25, -0.2) is 0 Å². The average Bonchev–Trinajstić information content (AvgIpc) is 2.29. The van der Waals surface area contributed by atoms with E-state index in [-0.39, 0.29) is 18.7 Å². The lowest BCUT2D eigenvalue weighted by Crippen LogP contribution is -2.30. The second kappa shape index (κ2) is 2.64. The fraction of sp³-hybridized carbons (Fsp3) is 0.429. The van der Waals surface area contributed by atoms with E-state index in [1.165, 1.54) is 12.2 Å². The van der Waals surface area contributed by atoms with Gasteiger partial charge in [0.1, 0.15) is 0 Å². The Labute approximate surface area is 60.7 Å². The highest BCUT2D eigenvalue weighted by molar-refractivity contribution is 6.12. The van der Waals surface area contributed by atoms with Crippen molar-refractivity contribution in [2.24, 2.45) is 0 Å². The summed E-state index contributed by atoms with van der Waals surface area (Å²) in [6, 6.07) is 0.